The smallest absolute Gasteiger partial charge is 0.241 e. The molecular formula is C13H20N2O3S. The van der Waals surface area contributed by atoms with Crippen molar-refractivity contribution >= 4 is 21.4 Å². The van der Waals surface area contributed by atoms with Crippen molar-refractivity contribution in [2.45, 2.75) is 31.2 Å². The maximum Gasteiger partial charge on any atom is 0.241 e. The minimum Gasteiger partial charge on any atom is -0.325 e. The molecule has 0 fully saturated rings. The second-order valence-corrected chi connectivity index (χ2v) is 7.04. The maximum absolute atomic E-state index is 11.8. The Morgan fingerprint density at radius 3 is 2.21 bits per heavy atom. The lowest BCUT2D eigenvalue weighted by Gasteiger charge is -2.14. The first-order valence-corrected chi connectivity index (χ1v) is 7.96. The van der Waals surface area contributed by atoms with Crippen LogP contribution >= 0.6 is 0 Å². The van der Waals surface area contributed by atoms with E-state index in [2.05, 4.69) is 5.32 Å². The van der Waals surface area contributed by atoms with Gasteiger partial charge in [0.25, 0.3) is 0 Å². The van der Waals surface area contributed by atoms with Gasteiger partial charge in [-0.05, 0) is 36.6 Å². The number of carbonyl (C=O) groups excluding carboxylic acids is 1. The Balaban J connectivity index is 2.71. The van der Waals surface area contributed by atoms with Crippen LogP contribution in [0.5, 0.6) is 0 Å². The average Bonchev–Trinajstić information content (AvgIpc) is 2.27. The molecule has 0 radical (unpaired) electrons. The van der Waals surface area contributed by atoms with Crippen molar-refractivity contribution in [3.63, 3.8) is 0 Å². The zero-order valence-corrected chi connectivity index (χ0v) is 12.2. The second-order valence-electron chi connectivity index (χ2n) is 5.02. The van der Waals surface area contributed by atoms with Crippen molar-refractivity contribution in [3.05, 3.63) is 24.3 Å². The lowest BCUT2D eigenvalue weighted by Crippen LogP contribution is -2.36. The van der Waals surface area contributed by atoms with Gasteiger partial charge >= 0.3 is 0 Å². The van der Waals surface area contributed by atoms with E-state index < -0.39 is 15.9 Å². The number of sulfone groups is 1. The van der Waals surface area contributed by atoms with Gasteiger partial charge in [0.05, 0.1) is 10.9 Å². The largest absolute Gasteiger partial charge is 0.325 e. The van der Waals surface area contributed by atoms with E-state index in [9.17, 15) is 13.2 Å². The maximum atomic E-state index is 11.8. The van der Waals surface area contributed by atoms with Crippen molar-refractivity contribution in [2.24, 2.45) is 11.7 Å². The summed E-state index contributed by atoms with van der Waals surface area (Å²) < 4.78 is 22.6. The first-order chi connectivity index (χ1) is 8.70. The predicted molar refractivity (Wildman–Crippen MR) is 75.6 cm³/mol. The molecule has 0 aromatic heterocycles. The van der Waals surface area contributed by atoms with Crippen LogP contribution in [0, 0.1) is 5.92 Å². The van der Waals surface area contributed by atoms with Gasteiger partial charge in [-0.2, -0.15) is 0 Å². The Bertz CT molecular complexity index is 536. The summed E-state index contributed by atoms with van der Waals surface area (Å²) >= 11 is 0. The number of anilines is 1. The zero-order chi connectivity index (χ0) is 14.6. The number of hydrogen-bond acceptors (Lipinski definition) is 4. The van der Waals surface area contributed by atoms with Crippen LogP contribution < -0.4 is 11.1 Å². The van der Waals surface area contributed by atoms with E-state index in [4.69, 9.17) is 5.73 Å². The average molecular weight is 284 g/mol. The fraction of sp³-hybridized carbons (Fsp3) is 0.462. The molecular weight excluding hydrogens is 264 g/mol. The summed E-state index contributed by atoms with van der Waals surface area (Å²) in [6, 6.07) is 5.46. The van der Waals surface area contributed by atoms with Crippen LogP contribution in [0.2, 0.25) is 0 Å². The third kappa shape index (κ3) is 5.00. The van der Waals surface area contributed by atoms with Crippen LogP contribution in [0.4, 0.5) is 5.69 Å². The molecule has 0 aliphatic heterocycles. The van der Waals surface area contributed by atoms with E-state index in [0.29, 0.717) is 18.0 Å². The van der Waals surface area contributed by atoms with Gasteiger partial charge in [-0.3, -0.25) is 4.79 Å². The molecule has 19 heavy (non-hydrogen) atoms. The highest BCUT2D eigenvalue weighted by atomic mass is 32.2. The predicted octanol–water partition coefficient (Wildman–Crippen LogP) is 1.40. The molecule has 106 valence electrons. The third-order valence-electron chi connectivity index (χ3n) is 2.61. The van der Waals surface area contributed by atoms with Crippen LogP contribution in [-0.2, 0) is 14.6 Å². The molecule has 6 heteroatoms. The van der Waals surface area contributed by atoms with E-state index in [-0.39, 0.29) is 10.8 Å². The van der Waals surface area contributed by atoms with Gasteiger partial charge in [-0.15, -0.1) is 0 Å². The fourth-order valence-corrected chi connectivity index (χ4v) is 2.27. The van der Waals surface area contributed by atoms with E-state index in [1.807, 2.05) is 13.8 Å². The van der Waals surface area contributed by atoms with Crippen LogP contribution in [0.25, 0.3) is 0 Å². The van der Waals surface area contributed by atoms with E-state index in [1.54, 1.807) is 12.1 Å². The summed E-state index contributed by atoms with van der Waals surface area (Å²) in [7, 11) is -3.22. The Labute approximate surface area is 114 Å². The van der Waals surface area contributed by atoms with Crippen LogP contribution in [-0.4, -0.2) is 26.6 Å². The molecule has 1 rings (SSSR count). The lowest BCUT2D eigenvalue weighted by atomic mass is 10.0. The molecule has 0 unspecified atom stereocenters. The van der Waals surface area contributed by atoms with E-state index >= 15 is 0 Å². The van der Waals surface area contributed by atoms with Crippen molar-refractivity contribution in [1.29, 1.82) is 0 Å². The standard InChI is InChI=1S/C13H20N2O3S/c1-9(2)8-12(14)13(16)15-10-4-6-11(7-5-10)19(3,17)18/h4-7,9,12H,8,14H2,1-3H3,(H,15,16)/t12-/m0/s1. The number of rotatable bonds is 5. The third-order valence-corrected chi connectivity index (χ3v) is 3.74. The summed E-state index contributed by atoms with van der Waals surface area (Å²) in [6.07, 6.45) is 1.74. The Kier molecular flexibility index (Phi) is 5.08. The van der Waals surface area contributed by atoms with Gasteiger partial charge in [0.15, 0.2) is 9.84 Å². The highest BCUT2D eigenvalue weighted by Crippen LogP contribution is 2.14. The normalized spacial score (nSPS) is 13.3. The molecule has 0 aliphatic carbocycles. The summed E-state index contributed by atoms with van der Waals surface area (Å²) in [6.45, 7) is 3.99. The van der Waals surface area contributed by atoms with Crippen molar-refractivity contribution in [2.75, 3.05) is 11.6 Å². The topological polar surface area (TPSA) is 89.3 Å². The summed E-state index contributed by atoms with van der Waals surface area (Å²) in [5.74, 6) is 0.0779. The van der Waals surface area contributed by atoms with Crippen LogP contribution in [0.15, 0.2) is 29.2 Å². The van der Waals surface area contributed by atoms with E-state index in [1.165, 1.54) is 12.1 Å². The number of nitrogens with one attached hydrogen (secondary N) is 1. The first-order valence-electron chi connectivity index (χ1n) is 6.06. The minimum absolute atomic E-state index is 0.219. The van der Waals surface area contributed by atoms with Gasteiger partial charge in [0, 0.05) is 11.9 Å². The molecule has 0 saturated carbocycles. The molecule has 1 aromatic carbocycles. The molecule has 0 heterocycles. The molecule has 3 N–H and O–H groups in total. The molecule has 0 bridgehead atoms. The molecule has 0 spiro atoms. The van der Waals surface area contributed by atoms with E-state index in [0.717, 1.165) is 6.26 Å². The van der Waals surface area contributed by atoms with Crippen LogP contribution in [0.1, 0.15) is 20.3 Å². The number of carbonyl (C=O) groups is 1. The molecule has 0 saturated heterocycles. The Morgan fingerprint density at radius 2 is 1.79 bits per heavy atom. The second kappa shape index (κ2) is 6.16. The van der Waals surface area contributed by atoms with Crippen LogP contribution in [0.3, 0.4) is 0 Å². The van der Waals surface area contributed by atoms with Gasteiger partial charge in [0.2, 0.25) is 5.91 Å². The quantitative estimate of drug-likeness (QED) is 0.855. The van der Waals surface area contributed by atoms with Gasteiger partial charge in [0.1, 0.15) is 0 Å². The SMILES string of the molecule is CC(C)C[C@H](N)C(=O)Nc1ccc(S(C)(=O)=O)cc1. The summed E-state index contributed by atoms with van der Waals surface area (Å²) in [5.41, 5.74) is 6.30. The summed E-state index contributed by atoms with van der Waals surface area (Å²) in [4.78, 5) is 12.0. The molecule has 5 nitrogen and oxygen atoms in total. The zero-order valence-electron chi connectivity index (χ0n) is 11.4. The van der Waals surface area contributed by atoms with Gasteiger partial charge < -0.3 is 11.1 Å². The van der Waals surface area contributed by atoms with Gasteiger partial charge in [-0.1, -0.05) is 13.8 Å². The Morgan fingerprint density at radius 1 is 1.26 bits per heavy atom. The minimum atomic E-state index is -3.22. The Hall–Kier alpha value is -1.40. The number of amides is 1. The van der Waals surface area contributed by atoms with Crippen molar-refractivity contribution in [1.82, 2.24) is 0 Å². The molecule has 1 atom stereocenters. The van der Waals surface area contributed by atoms with Crippen molar-refractivity contribution < 1.29 is 13.2 Å². The number of hydrogen-bond donors (Lipinski definition) is 2. The lowest BCUT2D eigenvalue weighted by molar-refractivity contribution is -0.117. The summed E-state index contributed by atoms with van der Waals surface area (Å²) in [5, 5.41) is 2.67. The van der Waals surface area contributed by atoms with Crippen molar-refractivity contribution in [3.8, 4) is 0 Å². The molecule has 1 amide bonds. The number of benzene rings is 1. The highest BCUT2D eigenvalue weighted by molar-refractivity contribution is 7.90. The monoisotopic (exact) mass is 284 g/mol. The number of nitrogens with two attached hydrogens (primary N) is 1. The first kappa shape index (κ1) is 15.7. The van der Waals surface area contributed by atoms with Gasteiger partial charge in [-0.25, -0.2) is 8.42 Å². The fourth-order valence-electron chi connectivity index (χ4n) is 1.64. The molecule has 1 aromatic rings. The molecule has 0 aliphatic rings. The highest BCUT2D eigenvalue weighted by Gasteiger charge is 2.15.